The summed E-state index contributed by atoms with van der Waals surface area (Å²) in [5.41, 5.74) is 4.31. The van der Waals surface area contributed by atoms with Gasteiger partial charge in [0, 0.05) is 27.8 Å². The molecule has 3 aromatic rings. The molecule has 0 spiro atoms. The van der Waals surface area contributed by atoms with Gasteiger partial charge in [0.15, 0.2) is 0 Å². The second kappa shape index (κ2) is 6.20. The molecular formula is C19H16BrNO4. The van der Waals surface area contributed by atoms with E-state index in [2.05, 4.69) is 28.1 Å². The summed E-state index contributed by atoms with van der Waals surface area (Å²) in [5, 5.41) is 11.3. The van der Waals surface area contributed by atoms with E-state index in [1.807, 2.05) is 10.8 Å². The smallest absolute Gasteiger partial charge is 0.341 e. The highest BCUT2D eigenvalue weighted by Crippen LogP contribution is 2.34. The van der Waals surface area contributed by atoms with Crippen LogP contribution in [0.3, 0.4) is 0 Å². The molecule has 0 saturated heterocycles. The summed E-state index contributed by atoms with van der Waals surface area (Å²) in [7, 11) is 0. The van der Waals surface area contributed by atoms with E-state index in [0.717, 1.165) is 21.1 Å². The highest BCUT2D eigenvalue weighted by atomic mass is 79.9. The number of fused-ring (bicyclic) bond motifs is 2. The third-order valence-corrected chi connectivity index (χ3v) is 4.98. The normalized spacial score (nSPS) is 13.2. The minimum atomic E-state index is -0.528. The number of rotatable bonds is 3. The molecule has 0 aliphatic carbocycles. The number of phenolic OH excluding ortho intramolecular Hbond substituents is 1. The van der Waals surface area contributed by atoms with Crippen LogP contribution >= 0.6 is 15.9 Å². The van der Waals surface area contributed by atoms with E-state index in [9.17, 15) is 9.90 Å². The lowest BCUT2D eigenvalue weighted by Gasteiger charge is -2.10. The molecule has 2 heterocycles. The summed E-state index contributed by atoms with van der Waals surface area (Å²) in [6, 6.07) is 9.19. The van der Waals surface area contributed by atoms with Crippen molar-refractivity contribution in [3.8, 4) is 11.4 Å². The lowest BCUT2D eigenvalue weighted by molar-refractivity contribution is 0.0523. The van der Waals surface area contributed by atoms with Crippen molar-refractivity contribution in [2.24, 2.45) is 0 Å². The molecule has 1 aliphatic heterocycles. The van der Waals surface area contributed by atoms with Crippen molar-refractivity contribution in [2.75, 3.05) is 6.61 Å². The van der Waals surface area contributed by atoms with Crippen LogP contribution in [0.25, 0.3) is 16.6 Å². The molecule has 6 heteroatoms. The average molecular weight is 402 g/mol. The van der Waals surface area contributed by atoms with Crippen LogP contribution < -0.4 is 0 Å². The molecule has 0 saturated carbocycles. The SMILES string of the molecule is CCOC(=O)c1ccc(-n2cc(Br)c3cc4c(cc32)COC4)cc1O. The molecule has 0 atom stereocenters. The Kier molecular flexibility index (Phi) is 4.01. The molecule has 0 bridgehead atoms. The summed E-state index contributed by atoms with van der Waals surface area (Å²) in [6.07, 6.45) is 1.96. The van der Waals surface area contributed by atoms with E-state index in [1.54, 1.807) is 25.1 Å². The van der Waals surface area contributed by atoms with Crippen LogP contribution in [0.15, 0.2) is 41.0 Å². The van der Waals surface area contributed by atoms with Crippen LogP contribution in [0.1, 0.15) is 28.4 Å². The maximum absolute atomic E-state index is 11.8. The van der Waals surface area contributed by atoms with Gasteiger partial charge in [-0.25, -0.2) is 4.79 Å². The lowest BCUT2D eigenvalue weighted by atomic mass is 10.1. The Bertz CT molecular complexity index is 993. The number of carbonyl (C=O) groups is 1. The Morgan fingerprint density at radius 2 is 2.04 bits per heavy atom. The van der Waals surface area contributed by atoms with Gasteiger partial charge in [0.1, 0.15) is 11.3 Å². The van der Waals surface area contributed by atoms with Crippen LogP contribution in [-0.2, 0) is 22.7 Å². The monoisotopic (exact) mass is 401 g/mol. The third-order valence-electron chi connectivity index (χ3n) is 4.35. The molecule has 128 valence electrons. The molecule has 25 heavy (non-hydrogen) atoms. The molecule has 0 radical (unpaired) electrons. The number of hydrogen-bond donors (Lipinski definition) is 1. The Hall–Kier alpha value is -2.31. The van der Waals surface area contributed by atoms with E-state index < -0.39 is 5.97 Å². The fraction of sp³-hybridized carbons (Fsp3) is 0.211. The van der Waals surface area contributed by atoms with Crippen molar-refractivity contribution in [2.45, 2.75) is 20.1 Å². The number of nitrogens with zero attached hydrogens (tertiary/aromatic N) is 1. The van der Waals surface area contributed by atoms with Gasteiger partial charge in [-0.3, -0.25) is 0 Å². The number of benzene rings is 2. The maximum Gasteiger partial charge on any atom is 0.341 e. The largest absolute Gasteiger partial charge is 0.507 e. The summed E-state index contributed by atoms with van der Waals surface area (Å²) in [6.45, 7) is 3.25. The fourth-order valence-electron chi connectivity index (χ4n) is 3.12. The number of ether oxygens (including phenoxy) is 2. The molecule has 1 N–H and O–H groups in total. The van der Waals surface area contributed by atoms with Gasteiger partial charge in [0.25, 0.3) is 0 Å². The molecule has 5 nitrogen and oxygen atoms in total. The van der Waals surface area contributed by atoms with E-state index in [4.69, 9.17) is 9.47 Å². The van der Waals surface area contributed by atoms with Gasteiger partial charge in [-0.15, -0.1) is 0 Å². The van der Waals surface area contributed by atoms with Crippen molar-refractivity contribution >= 4 is 32.8 Å². The first-order valence-corrected chi connectivity index (χ1v) is 8.78. The van der Waals surface area contributed by atoms with Gasteiger partial charge in [0.2, 0.25) is 0 Å². The molecular weight excluding hydrogens is 386 g/mol. The molecule has 2 aromatic carbocycles. The second-order valence-electron chi connectivity index (χ2n) is 5.90. The molecule has 0 unspecified atom stereocenters. The number of aromatic nitrogens is 1. The number of aromatic hydroxyl groups is 1. The minimum absolute atomic E-state index is 0.0987. The molecule has 1 aliphatic rings. The maximum atomic E-state index is 11.8. The summed E-state index contributed by atoms with van der Waals surface area (Å²) >= 11 is 3.60. The summed E-state index contributed by atoms with van der Waals surface area (Å²) in [4.78, 5) is 11.8. The van der Waals surface area contributed by atoms with E-state index in [0.29, 0.717) is 13.2 Å². The summed E-state index contributed by atoms with van der Waals surface area (Å²) in [5.74, 6) is -0.626. The van der Waals surface area contributed by atoms with Gasteiger partial charge in [0.05, 0.1) is 25.3 Å². The summed E-state index contributed by atoms with van der Waals surface area (Å²) < 4.78 is 13.4. The van der Waals surface area contributed by atoms with Crippen molar-refractivity contribution < 1.29 is 19.4 Å². The van der Waals surface area contributed by atoms with Crippen molar-refractivity contribution in [1.29, 1.82) is 0 Å². The van der Waals surface area contributed by atoms with Gasteiger partial charge in [-0.05, 0) is 58.2 Å². The van der Waals surface area contributed by atoms with Crippen LogP contribution in [0.5, 0.6) is 5.75 Å². The second-order valence-corrected chi connectivity index (χ2v) is 6.75. The first-order valence-electron chi connectivity index (χ1n) is 7.99. The Morgan fingerprint density at radius 1 is 1.28 bits per heavy atom. The van der Waals surface area contributed by atoms with E-state index >= 15 is 0 Å². The third kappa shape index (κ3) is 2.71. The van der Waals surface area contributed by atoms with Crippen LogP contribution in [0.4, 0.5) is 0 Å². The number of halogens is 1. The number of esters is 1. The predicted octanol–water partition coefficient (Wildman–Crippen LogP) is 4.31. The molecule has 1 aromatic heterocycles. The Morgan fingerprint density at radius 3 is 2.76 bits per heavy atom. The van der Waals surface area contributed by atoms with Gasteiger partial charge in [-0.2, -0.15) is 0 Å². The van der Waals surface area contributed by atoms with Crippen molar-refractivity contribution in [1.82, 2.24) is 4.57 Å². The van der Waals surface area contributed by atoms with E-state index in [-0.39, 0.29) is 17.9 Å². The predicted molar refractivity (Wildman–Crippen MR) is 97.1 cm³/mol. The zero-order valence-electron chi connectivity index (χ0n) is 13.6. The highest BCUT2D eigenvalue weighted by molar-refractivity contribution is 9.10. The Balaban J connectivity index is 1.82. The van der Waals surface area contributed by atoms with Gasteiger partial charge < -0.3 is 19.1 Å². The van der Waals surface area contributed by atoms with Crippen molar-refractivity contribution in [3.05, 3.63) is 57.7 Å². The van der Waals surface area contributed by atoms with Gasteiger partial charge >= 0.3 is 5.97 Å². The quantitative estimate of drug-likeness (QED) is 0.664. The standard InChI is InChI=1S/C19H16BrNO4/c1-2-25-19(23)14-4-3-13(7-18(14)22)21-8-16(20)15-5-11-9-24-10-12(11)6-17(15)21/h3-8,22H,2,9-10H2,1H3. The highest BCUT2D eigenvalue weighted by Gasteiger charge is 2.18. The molecule has 0 amide bonds. The van der Waals surface area contributed by atoms with Crippen LogP contribution in [0, 0.1) is 0 Å². The first-order chi connectivity index (χ1) is 12.1. The fourth-order valence-corrected chi connectivity index (χ4v) is 3.65. The number of carbonyl (C=O) groups excluding carboxylic acids is 1. The minimum Gasteiger partial charge on any atom is -0.507 e. The first kappa shape index (κ1) is 16.2. The lowest BCUT2D eigenvalue weighted by Crippen LogP contribution is -2.05. The molecule has 0 fully saturated rings. The van der Waals surface area contributed by atoms with Crippen LogP contribution in [0.2, 0.25) is 0 Å². The number of hydrogen-bond acceptors (Lipinski definition) is 4. The number of phenols is 1. The van der Waals surface area contributed by atoms with Gasteiger partial charge in [-0.1, -0.05) is 0 Å². The van der Waals surface area contributed by atoms with Crippen LogP contribution in [-0.4, -0.2) is 22.2 Å². The van der Waals surface area contributed by atoms with Crippen molar-refractivity contribution in [3.63, 3.8) is 0 Å². The zero-order valence-corrected chi connectivity index (χ0v) is 15.2. The van der Waals surface area contributed by atoms with E-state index in [1.165, 1.54) is 11.1 Å². The topological polar surface area (TPSA) is 60.7 Å². The Labute approximate surface area is 152 Å². The average Bonchev–Trinajstić information content (AvgIpc) is 3.17. The zero-order chi connectivity index (χ0) is 17.6. The molecule has 4 rings (SSSR count).